The fraction of sp³-hybridized carbons (Fsp3) is 0.357. The first-order chi connectivity index (χ1) is 9.65. The van der Waals surface area contributed by atoms with Gasteiger partial charge in [0.1, 0.15) is 22.8 Å². The smallest absolute Gasteiger partial charge is 0.234 e. The molecule has 20 heavy (non-hydrogen) atoms. The van der Waals surface area contributed by atoms with Crippen LogP contribution in [0, 0.1) is 11.8 Å². The predicted octanol–water partition coefficient (Wildman–Crippen LogP) is 0.139. The van der Waals surface area contributed by atoms with E-state index in [0.717, 1.165) is 0 Å². The number of hydrogen-bond donors (Lipinski definition) is 2. The summed E-state index contributed by atoms with van der Waals surface area (Å²) in [5, 5.41) is 2.56. The molecule has 0 unspecified atom stereocenters. The molecular weight excluding hydrogens is 260 g/mol. The third-order valence-corrected chi connectivity index (χ3v) is 2.49. The van der Waals surface area contributed by atoms with Crippen molar-refractivity contribution in [3.05, 3.63) is 17.7 Å². The number of carbonyl (C=O) groups is 1. The van der Waals surface area contributed by atoms with Gasteiger partial charge in [-0.2, -0.15) is 0 Å². The minimum Gasteiger partial charge on any atom is -0.496 e. The lowest BCUT2D eigenvalue weighted by Crippen LogP contribution is -2.30. The Kier molecular flexibility index (Phi) is 6.20. The van der Waals surface area contributed by atoms with Crippen molar-refractivity contribution < 1.29 is 19.0 Å². The van der Waals surface area contributed by atoms with Gasteiger partial charge < -0.3 is 25.3 Å². The first-order valence-electron chi connectivity index (χ1n) is 5.91. The Hall–Kier alpha value is -2.39. The van der Waals surface area contributed by atoms with E-state index in [1.54, 1.807) is 19.2 Å². The van der Waals surface area contributed by atoms with Gasteiger partial charge in [-0.3, -0.25) is 4.79 Å². The second kappa shape index (κ2) is 7.92. The lowest BCUT2D eigenvalue weighted by molar-refractivity contribution is -0.119. The zero-order valence-electron chi connectivity index (χ0n) is 11.8. The number of nitrogens with two attached hydrogens (primary N) is 1. The van der Waals surface area contributed by atoms with Gasteiger partial charge in [-0.1, -0.05) is 11.8 Å². The van der Waals surface area contributed by atoms with Gasteiger partial charge in [-0.15, -0.1) is 0 Å². The normalized spacial score (nSPS) is 9.20. The summed E-state index contributed by atoms with van der Waals surface area (Å²) in [5.41, 5.74) is 5.77. The maximum absolute atomic E-state index is 11.0. The van der Waals surface area contributed by atoms with Gasteiger partial charge in [0.2, 0.25) is 5.91 Å². The SMILES string of the molecule is COc1cc(OC)c(C#CCNC(=O)CN)c(OC)c1. The molecule has 1 aromatic carbocycles. The molecule has 0 aliphatic heterocycles. The molecule has 0 bridgehead atoms. The van der Waals surface area contributed by atoms with E-state index in [9.17, 15) is 4.79 Å². The number of benzene rings is 1. The van der Waals surface area contributed by atoms with Crippen LogP contribution < -0.4 is 25.3 Å². The van der Waals surface area contributed by atoms with Crippen molar-refractivity contribution in [3.63, 3.8) is 0 Å². The molecule has 1 amide bonds. The lowest BCUT2D eigenvalue weighted by atomic mass is 10.1. The van der Waals surface area contributed by atoms with E-state index in [-0.39, 0.29) is 19.0 Å². The largest absolute Gasteiger partial charge is 0.496 e. The monoisotopic (exact) mass is 278 g/mol. The molecule has 0 saturated carbocycles. The highest BCUT2D eigenvalue weighted by molar-refractivity contribution is 5.78. The third-order valence-electron chi connectivity index (χ3n) is 2.49. The first kappa shape index (κ1) is 15.7. The molecule has 0 fully saturated rings. The first-order valence-corrected chi connectivity index (χ1v) is 5.91. The molecule has 0 aromatic heterocycles. The van der Waals surface area contributed by atoms with Crippen LogP contribution in [0.2, 0.25) is 0 Å². The standard InChI is InChI=1S/C14H18N2O4/c1-18-10-7-12(19-2)11(13(8-10)20-3)5-4-6-16-14(17)9-15/h7-8H,6,9,15H2,1-3H3,(H,16,17). The second-order valence-corrected chi connectivity index (χ2v) is 3.69. The molecule has 0 radical (unpaired) electrons. The van der Waals surface area contributed by atoms with Crippen molar-refractivity contribution >= 4 is 5.91 Å². The summed E-state index contributed by atoms with van der Waals surface area (Å²) in [6.45, 7) is 0.144. The third kappa shape index (κ3) is 4.07. The molecule has 108 valence electrons. The van der Waals surface area contributed by atoms with Crippen LogP contribution in [0.3, 0.4) is 0 Å². The van der Waals surface area contributed by atoms with Gasteiger partial charge in [0, 0.05) is 12.1 Å². The highest BCUT2D eigenvalue weighted by Gasteiger charge is 2.10. The summed E-state index contributed by atoms with van der Waals surface area (Å²) < 4.78 is 15.7. The van der Waals surface area contributed by atoms with Crippen molar-refractivity contribution in [2.45, 2.75) is 0 Å². The Morgan fingerprint density at radius 2 is 1.80 bits per heavy atom. The zero-order valence-corrected chi connectivity index (χ0v) is 11.8. The minimum absolute atomic E-state index is 0.0587. The van der Waals surface area contributed by atoms with E-state index < -0.39 is 0 Å². The molecule has 6 heteroatoms. The Bertz CT molecular complexity index is 507. The molecule has 6 nitrogen and oxygen atoms in total. The van der Waals surface area contributed by atoms with Crippen molar-refractivity contribution in [3.8, 4) is 29.1 Å². The molecule has 0 atom stereocenters. The van der Waals surface area contributed by atoms with Crippen LogP contribution in [-0.2, 0) is 4.79 Å². The zero-order chi connectivity index (χ0) is 15.0. The van der Waals surface area contributed by atoms with Crippen LogP contribution in [0.5, 0.6) is 17.2 Å². The Balaban J connectivity index is 2.98. The van der Waals surface area contributed by atoms with E-state index in [1.165, 1.54) is 14.2 Å². The minimum atomic E-state index is -0.257. The molecule has 0 spiro atoms. The number of carbonyl (C=O) groups excluding carboxylic acids is 1. The topological polar surface area (TPSA) is 82.8 Å². The highest BCUT2D eigenvalue weighted by Crippen LogP contribution is 2.33. The summed E-state index contributed by atoms with van der Waals surface area (Å²) in [5.74, 6) is 7.16. The lowest BCUT2D eigenvalue weighted by Gasteiger charge is -2.11. The predicted molar refractivity (Wildman–Crippen MR) is 75.0 cm³/mol. The molecule has 3 N–H and O–H groups in total. The van der Waals surface area contributed by atoms with E-state index in [0.29, 0.717) is 22.8 Å². The molecule has 0 heterocycles. The van der Waals surface area contributed by atoms with Gasteiger partial charge in [-0.05, 0) is 0 Å². The summed E-state index contributed by atoms with van der Waals surface area (Å²) >= 11 is 0. The average molecular weight is 278 g/mol. The average Bonchev–Trinajstić information content (AvgIpc) is 2.50. The van der Waals surface area contributed by atoms with Gasteiger partial charge in [0.05, 0.1) is 34.4 Å². The van der Waals surface area contributed by atoms with E-state index in [1.807, 2.05) is 0 Å². The fourth-order valence-corrected chi connectivity index (χ4v) is 1.48. The quantitative estimate of drug-likeness (QED) is 0.749. The van der Waals surface area contributed by atoms with Gasteiger partial charge in [0.25, 0.3) is 0 Å². The Morgan fingerprint density at radius 1 is 1.20 bits per heavy atom. The van der Waals surface area contributed by atoms with Crippen molar-refractivity contribution in [1.29, 1.82) is 0 Å². The number of amides is 1. The van der Waals surface area contributed by atoms with Crippen molar-refractivity contribution in [1.82, 2.24) is 5.32 Å². The van der Waals surface area contributed by atoms with Crippen LogP contribution in [0.4, 0.5) is 0 Å². The van der Waals surface area contributed by atoms with Gasteiger partial charge >= 0.3 is 0 Å². The number of ether oxygens (including phenoxy) is 3. The van der Waals surface area contributed by atoms with E-state index in [4.69, 9.17) is 19.9 Å². The second-order valence-electron chi connectivity index (χ2n) is 3.69. The van der Waals surface area contributed by atoms with Crippen molar-refractivity contribution in [2.75, 3.05) is 34.4 Å². The van der Waals surface area contributed by atoms with Crippen LogP contribution in [0.1, 0.15) is 5.56 Å². The Labute approximate surface area is 118 Å². The van der Waals surface area contributed by atoms with Crippen LogP contribution in [0.25, 0.3) is 0 Å². The molecule has 0 saturated heterocycles. The number of nitrogens with one attached hydrogen (secondary N) is 1. The Morgan fingerprint density at radius 3 is 2.25 bits per heavy atom. The van der Waals surface area contributed by atoms with Crippen LogP contribution in [0.15, 0.2) is 12.1 Å². The number of rotatable bonds is 5. The summed E-state index contributed by atoms with van der Waals surface area (Å²) in [4.78, 5) is 11.0. The van der Waals surface area contributed by atoms with E-state index in [2.05, 4.69) is 17.2 Å². The molecule has 0 aliphatic carbocycles. The maximum Gasteiger partial charge on any atom is 0.234 e. The van der Waals surface area contributed by atoms with Crippen LogP contribution in [-0.4, -0.2) is 40.3 Å². The highest BCUT2D eigenvalue weighted by atomic mass is 16.5. The number of hydrogen-bond acceptors (Lipinski definition) is 5. The van der Waals surface area contributed by atoms with Gasteiger partial charge in [-0.25, -0.2) is 0 Å². The van der Waals surface area contributed by atoms with Gasteiger partial charge in [0.15, 0.2) is 0 Å². The molecular formula is C14H18N2O4. The summed E-state index contributed by atoms with van der Waals surface area (Å²) in [6.07, 6.45) is 0. The summed E-state index contributed by atoms with van der Waals surface area (Å²) in [6, 6.07) is 3.43. The van der Waals surface area contributed by atoms with Crippen LogP contribution >= 0.6 is 0 Å². The maximum atomic E-state index is 11.0. The molecule has 1 aromatic rings. The number of methoxy groups -OCH3 is 3. The summed E-state index contributed by atoms with van der Waals surface area (Å²) in [7, 11) is 4.63. The van der Waals surface area contributed by atoms with Crippen molar-refractivity contribution in [2.24, 2.45) is 5.73 Å². The van der Waals surface area contributed by atoms with E-state index >= 15 is 0 Å². The molecule has 0 aliphatic rings. The molecule has 1 rings (SSSR count). The fourth-order valence-electron chi connectivity index (χ4n) is 1.48.